The molecule has 1 atom stereocenters. The van der Waals surface area contributed by atoms with Crippen molar-refractivity contribution in [3.8, 4) is 5.75 Å². The summed E-state index contributed by atoms with van der Waals surface area (Å²) in [6, 6.07) is 4.85. The van der Waals surface area contributed by atoms with Crippen LogP contribution in [0.3, 0.4) is 0 Å². The van der Waals surface area contributed by atoms with Gasteiger partial charge in [-0.3, -0.25) is 4.79 Å². The largest absolute Gasteiger partial charge is 0.507 e. The highest BCUT2D eigenvalue weighted by Gasteiger charge is 2.13. The van der Waals surface area contributed by atoms with Gasteiger partial charge in [-0.05, 0) is 26.0 Å². The standard InChI is InChI=1S/C11H14O3/c1-7-3-4-10(13)9(5-7)11(14)6-8(2)12/h3-5,8,12-13H,6H2,1-2H3. The van der Waals surface area contributed by atoms with Gasteiger partial charge in [0, 0.05) is 6.42 Å². The summed E-state index contributed by atoms with van der Waals surface area (Å²) in [5.74, 6) is -0.262. The molecule has 1 rings (SSSR count). The molecule has 0 radical (unpaired) electrons. The van der Waals surface area contributed by atoms with Crippen molar-refractivity contribution in [1.82, 2.24) is 0 Å². The Morgan fingerprint density at radius 2 is 2.14 bits per heavy atom. The minimum absolute atomic E-state index is 0.0266. The number of ketones is 1. The van der Waals surface area contributed by atoms with Gasteiger partial charge in [-0.25, -0.2) is 0 Å². The number of aliphatic hydroxyl groups excluding tert-OH is 1. The number of benzene rings is 1. The number of Topliss-reactive ketones (excluding diaryl/α,β-unsaturated/α-hetero) is 1. The van der Waals surface area contributed by atoms with Crippen LogP contribution >= 0.6 is 0 Å². The molecule has 0 bridgehead atoms. The summed E-state index contributed by atoms with van der Waals surface area (Å²) in [7, 11) is 0. The second kappa shape index (κ2) is 4.24. The monoisotopic (exact) mass is 194 g/mol. The van der Waals surface area contributed by atoms with E-state index in [0.29, 0.717) is 0 Å². The fourth-order valence-corrected chi connectivity index (χ4v) is 1.25. The van der Waals surface area contributed by atoms with E-state index in [1.807, 2.05) is 6.92 Å². The molecule has 1 aromatic rings. The van der Waals surface area contributed by atoms with Crippen molar-refractivity contribution in [3.05, 3.63) is 29.3 Å². The number of phenolic OH excluding ortho intramolecular Hbond substituents is 1. The van der Waals surface area contributed by atoms with Gasteiger partial charge in [0.15, 0.2) is 5.78 Å². The minimum Gasteiger partial charge on any atom is -0.507 e. The zero-order valence-corrected chi connectivity index (χ0v) is 8.32. The van der Waals surface area contributed by atoms with Gasteiger partial charge in [0.1, 0.15) is 5.75 Å². The second-order valence-electron chi connectivity index (χ2n) is 3.50. The van der Waals surface area contributed by atoms with Gasteiger partial charge in [-0.2, -0.15) is 0 Å². The third-order valence-electron chi connectivity index (χ3n) is 1.93. The van der Waals surface area contributed by atoms with E-state index in [-0.39, 0.29) is 23.5 Å². The average Bonchev–Trinajstić information content (AvgIpc) is 2.08. The number of hydrogen-bond acceptors (Lipinski definition) is 3. The van der Waals surface area contributed by atoms with Gasteiger partial charge in [0.2, 0.25) is 0 Å². The van der Waals surface area contributed by atoms with Crippen LogP contribution in [0.1, 0.15) is 29.3 Å². The maximum absolute atomic E-state index is 11.5. The predicted molar refractivity (Wildman–Crippen MR) is 53.5 cm³/mol. The Kier molecular flexibility index (Phi) is 3.25. The van der Waals surface area contributed by atoms with Crippen LogP contribution in [0.25, 0.3) is 0 Å². The fraction of sp³-hybridized carbons (Fsp3) is 0.364. The molecule has 0 amide bonds. The summed E-state index contributed by atoms with van der Waals surface area (Å²) in [4.78, 5) is 11.5. The van der Waals surface area contributed by atoms with Crippen LogP contribution in [0.5, 0.6) is 5.75 Å². The minimum atomic E-state index is -0.678. The van der Waals surface area contributed by atoms with Crippen molar-refractivity contribution in [1.29, 1.82) is 0 Å². The molecule has 76 valence electrons. The Hall–Kier alpha value is -1.35. The van der Waals surface area contributed by atoms with Crippen molar-refractivity contribution < 1.29 is 15.0 Å². The lowest BCUT2D eigenvalue weighted by molar-refractivity contribution is 0.0898. The molecule has 0 saturated carbocycles. The Morgan fingerprint density at radius 1 is 1.50 bits per heavy atom. The zero-order chi connectivity index (χ0) is 10.7. The molecule has 0 aliphatic heterocycles. The molecule has 0 spiro atoms. The molecule has 0 saturated heterocycles. The van der Waals surface area contributed by atoms with E-state index in [4.69, 9.17) is 5.11 Å². The lowest BCUT2D eigenvalue weighted by Crippen LogP contribution is -2.09. The van der Waals surface area contributed by atoms with Crippen LogP contribution in [0.4, 0.5) is 0 Å². The van der Waals surface area contributed by atoms with Gasteiger partial charge >= 0.3 is 0 Å². The molecule has 1 unspecified atom stereocenters. The molecule has 0 aliphatic rings. The molecule has 0 aliphatic carbocycles. The summed E-state index contributed by atoms with van der Waals surface area (Å²) < 4.78 is 0. The zero-order valence-electron chi connectivity index (χ0n) is 8.32. The molecular formula is C11H14O3. The molecule has 14 heavy (non-hydrogen) atoms. The summed E-state index contributed by atoms with van der Waals surface area (Å²) >= 11 is 0. The Bertz CT molecular complexity index is 342. The van der Waals surface area contributed by atoms with Gasteiger partial charge in [-0.15, -0.1) is 0 Å². The van der Waals surface area contributed by atoms with Crippen LogP contribution in [0, 0.1) is 6.92 Å². The van der Waals surface area contributed by atoms with Crippen molar-refractivity contribution >= 4 is 5.78 Å². The Balaban J connectivity index is 2.94. The van der Waals surface area contributed by atoms with Crippen molar-refractivity contribution in [2.75, 3.05) is 0 Å². The second-order valence-corrected chi connectivity index (χ2v) is 3.50. The van der Waals surface area contributed by atoms with Crippen molar-refractivity contribution in [3.63, 3.8) is 0 Å². The number of aryl methyl sites for hydroxylation is 1. The first-order valence-electron chi connectivity index (χ1n) is 4.51. The smallest absolute Gasteiger partial charge is 0.169 e. The highest BCUT2D eigenvalue weighted by Crippen LogP contribution is 2.20. The van der Waals surface area contributed by atoms with Crippen LogP contribution in [0.15, 0.2) is 18.2 Å². The maximum atomic E-state index is 11.5. The number of carbonyl (C=O) groups excluding carboxylic acids is 1. The van der Waals surface area contributed by atoms with Crippen LogP contribution in [0.2, 0.25) is 0 Å². The number of carbonyl (C=O) groups is 1. The number of rotatable bonds is 3. The fourth-order valence-electron chi connectivity index (χ4n) is 1.25. The molecular weight excluding hydrogens is 180 g/mol. The summed E-state index contributed by atoms with van der Waals surface area (Å²) in [5.41, 5.74) is 1.20. The first-order valence-corrected chi connectivity index (χ1v) is 4.51. The quantitative estimate of drug-likeness (QED) is 0.719. The molecule has 0 aromatic heterocycles. The van der Waals surface area contributed by atoms with Crippen molar-refractivity contribution in [2.45, 2.75) is 26.4 Å². The first kappa shape index (κ1) is 10.7. The Morgan fingerprint density at radius 3 is 2.71 bits per heavy atom. The van der Waals surface area contributed by atoms with Gasteiger partial charge in [-0.1, -0.05) is 11.6 Å². The highest BCUT2D eigenvalue weighted by molar-refractivity contribution is 5.98. The van der Waals surface area contributed by atoms with E-state index in [9.17, 15) is 9.90 Å². The topological polar surface area (TPSA) is 57.5 Å². The predicted octanol–water partition coefficient (Wildman–Crippen LogP) is 1.65. The molecule has 3 nitrogen and oxygen atoms in total. The number of aromatic hydroxyl groups is 1. The Labute approximate surface area is 83.0 Å². The average molecular weight is 194 g/mol. The lowest BCUT2D eigenvalue weighted by atomic mass is 10.0. The lowest BCUT2D eigenvalue weighted by Gasteiger charge is -2.06. The summed E-state index contributed by atoms with van der Waals surface area (Å²) in [6.45, 7) is 3.39. The number of phenols is 1. The number of aliphatic hydroxyl groups is 1. The van der Waals surface area contributed by atoms with Gasteiger partial charge in [0.25, 0.3) is 0 Å². The normalized spacial score (nSPS) is 12.5. The third kappa shape index (κ3) is 2.57. The molecule has 0 heterocycles. The van der Waals surface area contributed by atoms with Gasteiger partial charge < -0.3 is 10.2 Å². The molecule has 2 N–H and O–H groups in total. The first-order chi connectivity index (χ1) is 6.50. The van der Waals surface area contributed by atoms with E-state index in [1.54, 1.807) is 19.1 Å². The molecule has 3 heteroatoms. The van der Waals surface area contributed by atoms with Gasteiger partial charge in [0.05, 0.1) is 11.7 Å². The van der Waals surface area contributed by atoms with E-state index >= 15 is 0 Å². The van der Waals surface area contributed by atoms with E-state index in [2.05, 4.69) is 0 Å². The van der Waals surface area contributed by atoms with E-state index in [1.165, 1.54) is 6.07 Å². The highest BCUT2D eigenvalue weighted by atomic mass is 16.3. The van der Waals surface area contributed by atoms with E-state index < -0.39 is 6.10 Å². The summed E-state index contributed by atoms with van der Waals surface area (Å²) in [5, 5.41) is 18.5. The maximum Gasteiger partial charge on any atom is 0.169 e. The van der Waals surface area contributed by atoms with E-state index in [0.717, 1.165) is 5.56 Å². The van der Waals surface area contributed by atoms with Crippen LogP contribution in [-0.2, 0) is 0 Å². The third-order valence-corrected chi connectivity index (χ3v) is 1.93. The molecule has 0 fully saturated rings. The van der Waals surface area contributed by atoms with Crippen LogP contribution in [-0.4, -0.2) is 22.1 Å². The summed E-state index contributed by atoms with van der Waals surface area (Å²) in [6.07, 6.45) is -0.640. The number of hydrogen-bond donors (Lipinski definition) is 2. The van der Waals surface area contributed by atoms with Crippen LogP contribution < -0.4 is 0 Å². The SMILES string of the molecule is Cc1ccc(O)c(C(=O)CC(C)O)c1. The van der Waals surface area contributed by atoms with Crippen molar-refractivity contribution in [2.24, 2.45) is 0 Å². The molecule has 1 aromatic carbocycles.